The van der Waals surface area contributed by atoms with Gasteiger partial charge in [0.1, 0.15) is 0 Å². The van der Waals surface area contributed by atoms with E-state index in [2.05, 4.69) is 10.2 Å². The normalized spacial score (nSPS) is 45.8. The van der Waals surface area contributed by atoms with Gasteiger partial charge in [-0.1, -0.05) is 0 Å². The van der Waals surface area contributed by atoms with Crippen molar-refractivity contribution in [1.29, 1.82) is 0 Å². The fourth-order valence-corrected chi connectivity index (χ4v) is 4.94. The number of likely N-dealkylation sites (tertiary alicyclic amines) is 1. The minimum absolute atomic E-state index is 0.466. The molecule has 3 saturated heterocycles. The Morgan fingerprint density at radius 3 is 2.44 bits per heavy atom. The van der Waals surface area contributed by atoms with Crippen LogP contribution in [0.5, 0.6) is 0 Å². The summed E-state index contributed by atoms with van der Waals surface area (Å²) in [6.45, 7) is 1.07. The van der Waals surface area contributed by atoms with Crippen molar-refractivity contribution in [3.8, 4) is 0 Å². The summed E-state index contributed by atoms with van der Waals surface area (Å²) in [5.41, 5.74) is 0. The highest BCUT2D eigenvalue weighted by Gasteiger charge is 2.41. The summed E-state index contributed by atoms with van der Waals surface area (Å²) >= 11 is 0. The Morgan fingerprint density at radius 1 is 1.06 bits per heavy atom. The fraction of sp³-hybridized carbons (Fsp3) is 0.933. The molecule has 3 aliphatic heterocycles. The van der Waals surface area contributed by atoms with Crippen LogP contribution in [0, 0.1) is 11.8 Å². The van der Waals surface area contributed by atoms with Crippen molar-refractivity contribution in [2.75, 3.05) is 6.54 Å². The Bertz CT molecular complexity index is 344. The molecule has 4 bridgehead atoms. The second-order valence-electron chi connectivity index (χ2n) is 7.06. The molecule has 4 fully saturated rings. The lowest BCUT2D eigenvalue weighted by Gasteiger charge is -2.32. The number of hydrogen-bond acceptors (Lipinski definition) is 2. The number of nitrogens with zero attached hydrogens (tertiary/aromatic N) is 1. The molecular formula is C15H24N2O. The highest BCUT2D eigenvalue weighted by atomic mass is 16.2. The van der Waals surface area contributed by atoms with Crippen LogP contribution in [0.15, 0.2) is 0 Å². The molecule has 4 unspecified atom stereocenters. The number of fused-ring (bicyclic) bond motifs is 4. The summed E-state index contributed by atoms with van der Waals surface area (Å²) in [4.78, 5) is 14.7. The Hall–Kier alpha value is -0.570. The molecule has 4 rings (SSSR count). The number of carbonyl (C=O) groups excluding carboxylic acids is 1. The Morgan fingerprint density at radius 2 is 1.83 bits per heavy atom. The zero-order valence-electron chi connectivity index (χ0n) is 11.1. The van der Waals surface area contributed by atoms with Crippen LogP contribution in [0.1, 0.15) is 51.4 Å². The van der Waals surface area contributed by atoms with Gasteiger partial charge in [-0.2, -0.15) is 0 Å². The first-order chi connectivity index (χ1) is 8.78. The van der Waals surface area contributed by atoms with E-state index in [-0.39, 0.29) is 0 Å². The van der Waals surface area contributed by atoms with Crippen LogP contribution in [0.25, 0.3) is 0 Å². The molecule has 0 spiro atoms. The van der Waals surface area contributed by atoms with E-state index in [1.54, 1.807) is 0 Å². The number of hydrogen-bond donors (Lipinski definition) is 1. The standard InChI is InChI=1S/C15H24N2O/c18-15(17-9-10-1-4-14(17)7-10)8-11-5-12-2-3-13(6-11)16-12/h10-14,16H,1-9H2. The third-order valence-electron chi connectivity index (χ3n) is 5.76. The molecule has 0 radical (unpaired) electrons. The van der Waals surface area contributed by atoms with E-state index in [4.69, 9.17) is 0 Å². The number of amides is 1. The van der Waals surface area contributed by atoms with E-state index >= 15 is 0 Å². The van der Waals surface area contributed by atoms with Gasteiger partial charge in [-0.15, -0.1) is 0 Å². The first kappa shape index (κ1) is 11.3. The monoisotopic (exact) mass is 248 g/mol. The molecule has 0 aromatic rings. The van der Waals surface area contributed by atoms with E-state index < -0.39 is 0 Å². The van der Waals surface area contributed by atoms with Crippen molar-refractivity contribution in [2.24, 2.45) is 11.8 Å². The maximum Gasteiger partial charge on any atom is 0.223 e. The number of nitrogens with one attached hydrogen (secondary N) is 1. The van der Waals surface area contributed by atoms with Crippen molar-refractivity contribution >= 4 is 5.91 Å². The average Bonchev–Trinajstić information content (AvgIpc) is 3.05. The maximum absolute atomic E-state index is 12.4. The third-order valence-corrected chi connectivity index (χ3v) is 5.76. The minimum Gasteiger partial charge on any atom is -0.339 e. The van der Waals surface area contributed by atoms with Gasteiger partial charge < -0.3 is 10.2 Å². The smallest absolute Gasteiger partial charge is 0.223 e. The van der Waals surface area contributed by atoms with E-state index in [9.17, 15) is 4.79 Å². The second-order valence-corrected chi connectivity index (χ2v) is 7.06. The van der Waals surface area contributed by atoms with E-state index in [1.165, 1.54) is 44.9 Å². The molecular weight excluding hydrogens is 224 g/mol. The minimum atomic E-state index is 0.466. The molecule has 3 heteroatoms. The largest absolute Gasteiger partial charge is 0.339 e. The van der Waals surface area contributed by atoms with Gasteiger partial charge in [0.2, 0.25) is 5.91 Å². The van der Waals surface area contributed by atoms with E-state index in [0.29, 0.717) is 17.9 Å². The number of carbonyl (C=O) groups is 1. The summed E-state index contributed by atoms with van der Waals surface area (Å²) < 4.78 is 0. The van der Waals surface area contributed by atoms with Crippen LogP contribution in [0.4, 0.5) is 0 Å². The molecule has 3 heterocycles. The van der Waals surface area contributed by atoms with Crippen LogP contribution in [0.2, 0.25) is 0 Å². The summed E-state index contributed by atoms with van der Waals surface area (Å²) in [6.07, 6.45) is 9.92. The van der Waals surface area contributed by atoms with Gasteiger partial charge in [0, 0.05) is 31.1 Å². The maximum atomic E-state index is 12.4. The van der Waals surface area contributed by atoms with Crippen molar-refractivity contribution in [1.82, 2.24) is 10.2 Å². The van der Waals surface area contributed by atoms with E-state index in [0.717, 1.165) is 31.0 Å². The Labute approximate surface area is 109 Å². The van der Waals surface area contributed by atoms with E-state index in [1.807, 2.05) is 0 Å². The lowest BCUT2D eigenvalue weighted by Crippen LogP contribution is -2.42. The molecule has 0 aromatic carbocycles. The summed E-state index contributed by atoms with van der Waals surface area (Å²) in [7, 11) is 0. The van der Waals surface area contributed by atoms with Gasteiger partial charge in [0.25, 0.3) is 0 Å². The van der Waals surface area contributed by atoms with Gasteiger partial charge in [0.15, 0.2) is 0 Å². The lowest BCUT2D eigenvalue weighted by molar-refractivity contribution is -0.134. The van der Waals surface area contributed by atoms with Gasteiger partial charge in [-0.3, -0.25) is 4.79 Å². The van der Waals surface area contributed by atoms with Crippen LogP contribution in [0.3, 0.4) is 0 Å². The van der Waals surface area contributed by atoms with Crippen molar-refractivity contribution < 1.29 is 4.79 Å². The molecule has 18 heavy (non-hydrogen) atoms. The van der Waals surface area contributed by atoms with Crippen LogP contribution in [-0.2, 0) is 4.79 Å². The first-order valence-electron chi connectivity index (χ1n) is 7.83. The quantitative estimate of drug-likeness (QED) is 0.809. The molecule has 1 N–H and O–H groups in total. The topological polar surface area (TPSA) is 32.3 Å². The molecule has 4 aliphatic rings. The Kier molecular flexibility index (Phi) is 2.65. The fourth-order valence-electron chi connectivity index (χ4n) is 4.94. The molecule has 1 aliphatic carbocycles. The summed E-state index contributed by atoms with van der Waals surface area (Å²) in [5, 5.41) is 3.67. The van der Waals surface area contributed by atoms with Crippen molar-refractivity contribution in [3.63, 3.8) is 0 Å². The number of piperidine rings is 2. The van der Waals surface area contributed by atoms with Gasteiger partial charge in [-0.25, -0.2) is 0 Å². The van der Waals surface area contributed by atoms with Gasteiger partial charge >= 0.3 is 0 Å². The lowest BCUT2D eigenvalue weighted by atomic mass is 9.89. The van der Waals surface area contributed by atoms with Crippen LogP contribution >= 0.6 is 0 Å². The van der Waals surface area contributed by atoms with Crippen LogP contribution < -0.4 is 5.32 Å². The molecule has 4 atom stereocenters. The van der Waals surface area contributed by atoms with Gasteiger partial charge in [0.05, 0.1) is 0 Å². The highest BCUT2D eigenvalue weighted by Crippen LogP contribution is 2.39. The Balaban J connectivity index is 1.36. The molecule has 1 saturated carbocycles. The zero-order chi connectivity index (χ0) is 12.1. The highest BCUT2D eigenvalue weighted by molar-refractivity contribution is 5.77. The van der Waals surface area contributed by atoms with Crippen molar-refractivity contribution in [3.05, 3.63) is 0 Å². The SMILES string of the molecule is O=C(CC1CC2CCC(C1)N2)N1CC2CCC1C2. The number of rotatable bonds is 2. The van der Waals surface area contributed by atoms with Crippen molar-refractivity contribution in [2.45, 2.75) is 69.5 Å². The van der Waals surface area contributed by atoms with Gasteiger partial charge in [-0.05, 0) is 56.8 Å². The molecule has 3 nitrogen and oxygen atoms in total. The predicted octanol–water partition coefficient (Wildman–Crippen LogP) is 1.92. The second kappa shape index (κ2) is 4.22. The average molecular weight is 248 g/mol. The molecule has 1 amide bonds. The molecule has 100 valence electrons. The zero-order valence-corrected chi connectivity index (χ0v) is 11.1. The first-order valence-corrected chi connectivity index (χ1v) is 7.83. The third kappa shape index (κ3) is 1.87. The summed E-state index contributed by atoms with van der Waals surface area (Å²) in [6, 6.07) is 2.05. The molecule has 0 aromatic heterocycles. The predicted molar refractivity (Wildman–Crippen MR) is 70.1 cm³/mol. The summed E-state index contributed by atoms with van der Waals surface area (Å²) in [5.74, 6) is 1.96. The van der Waals surface area contributed by atoms with Crippen LogP contribution in [-0.4, -0.2) is 35.5 Å².